The lowest BCUT2D eigenvalue weighted by Gasteiger charge is -2.28. The second kappa shape index (κ2) is 11.1. The molecule has 224 valence electrons. The number of hydrogen-bond acceptors (Lipinski definition) is 6. The first-order chi connectivity index (χ1) is 20.5. The molecule has 3 N–H and O–H groups in total. The highest BCUT2D eigenvalue weighted by atomic mass is 32.2. The number of hydrogen-bond donors (Lipinski definition) is 3. The first kappa shape index (κ1) is 28.9. The molecule has 0 radical (unpaired) electrons. The Morgan fingerprint density at radius 1 is 0.907 bits per heavy atom. The molecule has 1 aliphatic carbocycles. The molecule has 9 nitrogen and oxygen atoms in total. The number of anilines is 2. The second-order valence-corrected chi connectivity index (χ2v) is 14.1. The van der Waals surface area contributed by atoms with Gasteiger partial charge in [-0.25, -0.2) is 8.42 Å². The molecule has 0 aromatic heterocycles. The Morgan fingerprint density at radius 2 is 1.65 bits per heavy atom. The quantitative estimate of drug-likeness (QED) is 0.403. The maximum Gasteiger partial charge on any atom is 0.251 e. The zero-order chi connectivity index (χ0) is 30.5. The smallest absolute Gasteiger partial charge is 0.251 e. The Hall–Kier alpha value is -4.18. The van der Waals surface area contributed by atoms with Crippen LogP contribution in [0.25, 0.3) is 0 Å². The van der Waals surface area contributed by atoms with Crippen LogP contribution in [0.15, 0.2) is 53.4 Å². The summed E-state index contributed by atoms with van der Waals surface area (Å²) in [6.07, 6.45) is 2.92. The fourth-order valence-corrected chi connectivity index (χ4v) is 8.03. The van der Waals surface area contributed by atoms with Gasteiger partial charge in [-0.2, -0.15) is 0 Å². The van der Waals surface area contributed by atoms with Crippen LogP contribution in [0.5, 0.6) is 0 Å². The van der Waals surface area contributed by atoms with Crippen LogP contribution in [0, 0.1) is 13.8 Å². The van der Waals surface area contributed by atoms with E-state index in [0.29, 0.717) is 61.2 Å². The number of fused-ring (bicyclic) bond motifs is 10. The van der Waals surface area contributed by atoms with Gasteiger partial charge in [-0.15, -0.1) is 0 Å². The van der Waals surface area contributed by atoms with Crippen molar-refractivity contribution in [1.82, 2.24) is 10.2 Å². The molecular weight excluding hydrogens is 564 g/mol. The maximum absolute atomic E-state index is 14.3. The average Bonchev–Trinajstić information content (AvgIpc) is 3.76. The summed E-state index contributed by atoms with van der Waals surface area (Å²) in [7, 11) is -1.91. The first-order valence-electron chi connectivity index (χ1n) is 14.7. The predicted octanol–water partition coefficient (Wildman–Crippen LogP) is 4.57. The van der Waals surface area contributed by atoms with Gasteiger partial charge in [0.05, 0.1) is 10.1 Å². The lowest BCUT2D eigenvalue weighted by atomic mass is 9.92. The van der Waals surface area contributed by atoms with Crippen molar-refractivity contribution in [3.8, 4) is 0 Å². The number of nitrogens with zero attached hydrogens (tertiary/aromatic N) is 1. The van der Waals surface area contributed by atoms with Crippen molar-refractivity contribution in [3.05, 3.63) is 87.5 Å². The van der Waals surface area contributed by atoms with Gasteiger partial charge in [0.25, 0.3) is 5.91 Å². The van der Waals surface area contributed by atoms with Crippen LogP contribution in [0.1, 0.15) is 75.5 Å². The van der Waals surface area contributed by atoms with Crippen molar-refractivity contribution in [2.24, 2.45) is 0 Å². The van der Waals surface area contributed by atoms with Gasteiger partial charge in [-0.05, 0) is 103 Å². The van der Waals surface area contributed by atoms with Crippen molar-refractivity contribution >= 4 is 38.9 Å². The van der Waals surface area contributed by atoms with E-state index in [1.54, 1.807) is 31.3 Å². The Labute approximate surface area is 252 Å². The van der Waals surface area contributed by atoms with E-state index in [0.717, 1.165) is 27.8 Å². The molecule has 43 heavy (non-hydrogen) atoms. The molecule has 4 aliphatic rings. The van der Waals surface area contributed by atoms with E-state index < -0.39 is 21.1 Å². The van der Waals surface area contributed by atoms with Gasteiger partial charge in [0.2, 0.25) is 11.8 Å². The molecule has 3 aliphatic heterocycles. The molecule has 1 fully saturated rings. The van der Waals surface area contributed by atoms with E-state index in [1.807, 2.05) is 38.1 Å². The molecule has 1 atom stereocenters. The standard InChI is InChI=1S/C33H36N4O5S/c1-19-13-22-14-20(2)27(19)5-4-6-30(38)35-24-9-12-29(43(41,42)26-10-11-26)23(15-24)18-37(3)33(40)31(22)36-25-8-7-21-17-34-32(39)28(21)16-25/h7-9,12-16,26,31,36H,4-6,10-11,17-18H2,1-3H3,(H,34,39)(H,35,38). The number of likely N-dealkylation sites (N-methyl/N-ethyl adjacent to an activating group) is 1. The molecule has 3 aromatic rings. The van der Waals surface area contributed by atoms with Gasteiger partial charge in [0, 0.05) is 43.5 Å². The summed E-state index contributed by atoms with van der Waals surface area (Å²) in [5.41, 5.74) is 7.06. The summed E-state index contributed by atoms with van der Waals surface area (Å²) in [5, 5.41) is 8.72. The average molecular weight is 601 g/mol. The molecule has 1 saturated carbocycles. The fourth-order valence-electron chi connectivity index (χ4n) is 6.16. The minimum absolute atomic E-state index is 0.0324. The van der Waals surface area contributed by atoms with Crippen LogP contribution < -0.4 is 16.0 Å². The van der Waals surface area contributed by atoms with Gasteiger partial charge in [0.1, 0.15) is 6.04 Å². The molecule has 4 bridgehead atoms. The largest absolute Gasteiger partial charge is 0.370 e. The molecule has 0 saturated heterocycles. The van der Waals surface area contributed by atoms with Crippen LogP contribution in [0.3, 0.4) is 0 Å². The van der Waals surface area contributed by atoms with Crippen molar-refractivity contribution in [1.29, 1.82) is 0 Å². The van der Waals surface area contributed by atoms with E-state index >= 15 is 0 Å². The van der Waals surface area contributed by atoms with Crippen molar-refractivity contribution < 1.29 is 22.8 Å². The Morgan fingerprint density at radius 3 is 2.37 bits per heavy atom. The zero-order valence-electron chi connectivity index (χ0n) is 24.6. The Bertz CT molecular complexity index is 1740. The third-order valence-electron chi connectivity index (χ3n) is 8.63. The minimum Gasteiger partial charge on any atom is -0.370 e. The third-order valence-corrected chi connectivity index (χ3v) is 11.0. The summed E-state index contributed by atoms with van der Waals surface area (Å²) in [6.45, 7) is 4.54. The number of rotatable bonds is 4. The fraction of sp³-hybridized carbons (Fsp3) is 0.364. The molecule has 7 rings (SSSR count). The van der Waals surface area contributed by atoms with Gasteiger partial charge in [0.15, 0.2) is 9.84 Å². The molecule has 0 spiro atoms. The molecular formula is C33H36N4O5S. The highest BCUT2D eigenvalue weighted by Crippen LogP contribution is 2.37. The van der Waals surface area contributed by atoms with Gasteiger partial charge in [-0.1, -0.05) is 18.2 Å². The zero-order valence-corrected chi connectivity index (χ0v) is 25.4. The Balaban J connectivity index is 1.42. The number of amides is 3. The van der Waals surface area contributed by atoms with Crippen LogP contribution >= 0.6 is 0 Å². The minimum atomic E-state index is -3.56. The summed E-state index contributed by atoms with van der Waals surface area (Å²) in [6, 6.07) is 13.6. The van der Waals surface area contributed by atoms with E-state index in [4.69, 9.17) is 0 Å². The van der Waals surface area contributed by atoms with Crippen molar-refractivity contribution in [2.75, 3.05) is 17.7 Å². The third kappa shape index (κ3) is 5.76. The van der Waals surface area contributed by atoms with E-state index in [-0.39, 0.29) is 29.2 Å². The molecule has 3 amide bonds. The number of aryl methyl sites for hydroxylation is 2. The normalized spacial score (nSPS) is 19.2. The van der Waals surface area contributed by atoms with E-state index in [2.05, 4.69) is 16.0 Å². The molecule has 1 unspecified atom stereocenters. The highest BCUT2D eigenvalue weighted by molar-refractivity contribution is 7.92. The summed E-state index contributed by atoms with van der Waals surface area (Å²) in [5.74, 6) is -0.542. The van der Waals surface area contributed by atoms with E-state index in [1.165, 1.54) is 4.90 Å². The van der Waals surface area contributed by atoms with Gasteiger partial charge < -0.3 is 20.9 Å². The van der Waals surface area contributed by atoms with Crippen molar-refractivity contribution in [2.45, 2.75) is 75.2 Å². The number of nitrogens with one attached hydrogen (secondary N) is 3. The SMILES string of the molecule is Cc1cc2cc(C)c1CCCC(=O)Nc1ccc(S(=O)(=O)C3CC3)c(c1)CN(C)C(=O)C2Nc1ccc2c(c1)C(=O)NC2. The van der Waals surface area contributed by atoms with Crippen LogP contribution in [0.4, 0.5) is 11.4 Å². The number of carbonyl (C=O) groups excluding carboxylic acids is 3. The van der Waals surface area contributed by atoms with Crippen LogP contribution in [-0.2, 0) is 38.9 Å². The van der Waals surface area contributed by atoms with Crippen LogP contribution in [0.2, 0.25) is 0 Å². The van der Waals surface area contributed by atoms with E-state index in [9.17, 15) is 22.8 Å². The maximum atomic E-state index is 14.3. The topological polar surface area (TPSA) is 125 Å². The number of benzene rings is 3. The molecule has 3 heterocycles. The number of sulfone groups is 1. The van der Waals surface area contributed by atoms with Crippen molar-refractivity contribution in [3.63, 3.8) is 0 Å². The lowest BCUT2D eigenvalue weighted by molar-refractivity contribution is -0.131. The highest BCUT2D eigenvalue weighted by Gasteiger charge is 2.38. The first-order valence-corrected chi connectivity index (χ1v) is 16.2. The monoisotopic (exact) mass is 600 g/mol. The molecule has 3 aromatic carbocycles. The second-order valence-electron chi connectivity index (χ2n) is 11.9. The summed E-state index contributed by atoms with van der Waals surface area (Å²) >= 11 is 0. The Kier molecular flexibility index (Phi) is 7.50. The summed E-state index contributed by atoms with van der Waals surface area (Å²) < 4.78 is 26.7. The number of carbonyl (C=O) groups is 3. The molecule has 10 heteroatoms. The van der Waals surface area contributed by atoms with Gasteiger partial charge >= 0.3 is 0 Å². The summed E-state index contributed by atoms with van der Waals surface area (Å²) in [4.78, 5) is 41.2. The van der Waals surface area contributed by atoms with Crippen LogP contribution in [-0.4, -0.2) is 43.3 Å². The van der Waals surface area contributed by atoms with Gasteiger partial charge in [-0.3, -0.25) is 14.4 Å². The lowest BCUT2D eigenvalue weighted by Crippen LogP contribution is -2.35. The predicted molar refractivity (Wildman–Crippen MR) is 165 cm³/mol.